The highest BCUT2D eigenvalue weighted by molar-refractivity contribution is 6.29. The Kier molecular flexibility index (Phi) is 5.98. The lowest BCUT2D eigenvalue weighted by atomic mass is 10.0. The number of carbonyl (C=O) groups excluding carboxylic acids is 1. The molecule has 1 saturated heterocycles. The van der Waals surface area contributed by atoms with E-state index in [4.69, 9.17) is 11.6 Å². The minimum Gasteiger partial charge on any atom is -0.480 e. The Balaban J connectivity index is 2.67. The monoisotopic (exact) mass is 274 g/mol. The minimum atomic E-state index is -0.947. The number of halogens is 1. The molecule has 0 radical (unpaired) electrons. The van der Waals surface area contributed by atoms with Crippen molar-refractivity contribution < 1.29 is 14.7 Å². The van der Waals surface area contributed by atoms with Gasteiger partial charge < -0.3 is 15.3 Å². The first kappa shape index (κ1) is 14.8. The average Bonchev–Trinajstić information content (AvgIpc) is 2.25. The highest BCUT2D eigenvalue weighted by Gasteiger charge is 2.29. The van der Waals surface area contributed by atoms with Crippen LogP contribution in [-0.4, -0.2) is 41.1 Å². The number of carbonyl (C=O) groups is 2. The first-order valence-corrected chi connectivity index (χ1v) is 6.50. The standard InChI is InChI=1S/C12H19ClN2O3/c1-9(13)8-14-12(18)15-7-5-3-2-4-6-10(15)11(16)17/h10H,1-8H2,(H,14,18)(H,16,17). The van der Waals surface area contributed by atoms with Crippen LogP contribution in [0.15, 0.2) is 11.6 Å². The maximum atomic E-state index is 11.9. The molecule has 102 valence electrons. The number of rotatable bonds is 3. The van der Waals surface area contributed by atoms with E-state index in [0.717, 1.165) is 25.7 Å². The van der Waals surface area contributed by atoms with Gasteiger partial charge in [-0.05, 0) is 12.8 Å². The Hall–Kier alpha value is -1.23. The molecule has 0 saturated carbocycles. The molecule has 5 nitrogen and oxygen atoms in total. The summed E-state index contributed by atoms with van der Waals surface area (Å²) in [6.45, 7) is 4.10. The topological polar surface area (TPSA) is 69.6 Å². The van der Waals surface area contributed by atoms with Crippen molar-refractivity contribution in [2.45, 2.75) is 38.1 Å². The van der Waals surface area contributed by atoms with Gasteiger partial charge in [-0.3, -0.25) is 0 Å². The fourth-order valence-electron chi connectivity index (χ4n) is 2.06. The number of nitrogens with zero attached hydrogens (tertiary/aromatic N) is 1. The predicted molar refractivity (Wildman–Crippen MR) is 69.6 cm³/mol. The van der Waals surface area contributed by atoms with Gasteiger partial charge in [0.05, 0.1) is 6.54 Å². The fraction of sp³-hybridized carbons (Fsp3) is 0.667. The van der Waals surface area contributed by atoms with Crippen LogP contribution < -0.4 is 5.32 Å². The highest BCUT2D eigenvalue weighted by atomic mass is 35.5. The van der Waals surface area contributed by atoms with Crippen LogP contribution in [0.3, 0.4) is 0 Å². The van der Waals surface area contributed by atoms with Crippen LogP contribution in [0.4, 0.5) is 4.79 Å². The number of amides is 2. The molecule has 1 unspecified atom stereocenters. The number of likely N-dealkylation sites (tertiary alicyclic amines) is 1. The van der Waals surface area contributed by atoms with Crippen molar-refractivity contribution in [1.29, 1.82) is 0 Å². The van der Waals surface area contributed by atoms with Gasteiger partial charge in [-0.1, -0.05) is 37.4 Å². The Bertz CT molecular complexity index is 333. The number of hydrogen-bond donors (Lipinski definition) is 2. The molecule has 1 aliphatic rings. The molecule has 18 heavy (non-hydrogen) atoms. The maximum absolute atomic E-state index is 11.9. The van der Waals surface area contributed by atoms with E-state index in [9.17, 15) is 14.7 Å². The van der Waals surface area contributed by atoms with E-state index in [1.807, 2.05) is 0 Å². The fourth-order valence-corrected chi connectivity index (χ4v) is 2.12. The van der Waals surface area contributed by atoms with Gasteiger partial charge in [0.15, 0.2) is 0 Å². The first-order chi connectivity index (χ1) is 8.52. The Morgan fingerprint density at radius 2 is 2.00 bits per heavy atom. The van der Waals surface area contributed by atoms with E-state index < -0.39 is 12.0 Å². The first-order valence-electron chi connectivity index (χ1n) is 6.13. The second-order valence-electron chi connectivity index (χ2n) is 4.43. The van der Waals surface area contributed by atoms with Crippen LogP contribution in [-0.2, 0) is 4.79 Å². The van der Waals surface area contributed by atoms with Gasteiger partial charge in [0, 0.05) is 11.6 Å². The molecular formula is C12H19ClN2O3. The van der Waals surface area contributed by atoms with Crippen molar-refractivity contribution >= 4 is 23.6 Å². The normalized spacial score (nSPS) is 20.7. The third kappa shape index (κ3) is 4.56. The summed E-state index contributed by atoms with van der Waals surface area (Å²) in [7, 11) is 0. The summed E-state index contributed by atoms with van der Waals surface area (Å²) >= 11 is 5.57. The minimum absolute atomic E-state index is 0.156. The molecule has 1 heterocycles. The number of aliphatic carboxylic acids is 1. The third-order valence-corrected chi connectivity index (χ3v) is 3.11. The summed E-state index contributed by atoms with van der Waals surface area (Å²) in [6.07, 6.45) is 4.22. The molecule has 0 spiro atoms. The molecule has 6 heteroatoms. The zero-order valence-electron chi connectivity index (χ0n) is 10.3. The second kappa shape index (κ2) is 7.26. The Morgan fingerprint density at radius 1 is 1.33 bits per heavy atom. The van der Waals surface area contributed by atoms with E-state index in [1.165, 1.54) is 4.90 Å². The summed E-state index contributed by atoms with van der Waals surface area (Å²) in [5.41, 5.74) is 0. The third-order valence-electron chi connectivity index (χ3n) is 2.98. The molecule has 1 fully saturated rings. The lowest BCUT2D eigenvalue weighted by Crippen LogP contribution is -2.50. The number of hydrogen-bond acceptors (Lipinski definition) is 2. The molecule has 1 rings (SSSR count). The van der Waals surface area contributed by atoms with Gasteiger partial charge in [0.25, 0.3) is 0 Å². The van der Waals surface area contributed by atoms with Crippen molar-refractivity contribution in [3.05, 3.63) is 11.6 Å². The lowest BCUT2D eigenvalue weighted by Gasteiger charge is -2.30. The highest BCUT2D eigenvalue weighted by Crippen LogP contribution is 2.17. The SMILES string of the molecule is C=C(Cl)CNC(=O)N1CCCCCCC1C(=O)O. The van der Waals surface area contributed by atoms with Gasteiger partial charge in [-0.15, -0.1) is 0 Å². The van der Waals surface area contributed by atoms with Crippen LogP contribution in [0, 0.1) is 0 Å². The van der Waals surface area contributed by atoms with Gasteiger partial charge in [0.1, 0.15) is 6.04 Å². The number of nitrogens with one attached hydrogen (secondary N) is 1. The van der Waals surface area contributed by atoms with E-state index >= 15 is 0 Å². The molecule has 0 aromatic carbocycles. The van der Waals surface area contributed by atoms with Crippen molar-refractivity contribution in [3.8, 4) is 0 Å². The van der Waals surface area contributed by atoms with Gasteiger partial charge >= 0.3 is 12.0 Å². The Morgan fingerprint density at radius 3 is 2.61 bits per heavy atom. The van der Waals surface area contributed by atoms with Crippen LogP contribution in [0.2, 0.25) is 0 Å². The number of urea groups is 1. The lowest BCUT2D eigenvalue weighted by molar-refractivity contribution is -0.142. The molecule has 1 aliphatic heterocycles. The summed E-state index contributed by atoms with van der Waals surface area (Å²) in [5, 5.41) is 12.1. The number of carboxylic acid groups (broad SMARTS) is 1. The molecule has 2 N–H and O–H groups in total. The van der Waals surface area contributed by atoms with E-state index in [-0.39, 0.29) is 12.6 Å². The molecule has 2 amide bonds. The Labute approximate surface area is 112 Å². The maximum Gasteiger partial charge on any atom is 0.326 e. The van der Waals surface area contributed by atoms with Gasteiger partial charge in [0.2, 0.25) is 0 Å². The summed E-state index contributed by atoms with van der Waals surface area (Å²) in [4.78, 5) is 24.5. The second-order valence-corrected chi connectivity index (χ2v) is 4.96. The molecule has 0 aliphatic carbocycles. The summed E-state index contributed by atoms with van der Waals surface area (Å²) in [6, 6.07) is -1.13. The van der Waals surface area contributed by atoms with Crippen LogP contribution in [0.1, 0.15) is 32.1 Å². The number of carboxylic acids is 1. The zero-order valence-corrected chi connectivity index (χ0v) is 11.1. The molecule has 1 atom stereocenters. The van der Waals surface area contributed by atoms with Crippen LogP contribution in [0.5, 0.6) is 0 Å². The summed E-state index contributed by atoms with van der Waals surface area (Å²) in [5.74, 6) is -0.947. The van der Waals surface area contributed by atoms with Crippen LogP contribution >= 0.6 is 11.6 Å². The van der Waals surface area contributed by atoms with Gasteiger partial charge in [-0.2, -0.15) is 0 Å². The predicted octanol–water partition coefficient (Wildman–Crippen LogP) is 2.17. The zero-order chi connectivity index (χ0) is 13.5. The average molecular weight is 275 g/mol. The quantitative estimate of drug-likeness (QED) is 0.829. The van der Waals surface area contributed by atoms with E-state index in [0.29, 0.717) is 18.0 Å². The summed E-state index contributed by atoms with van der Waals surface area (Å²) < 4.78 is 0. The van der Waals surface area contributed by atoms with Crippen molar-refractivity contribution in [2.24, 2.45) is 0 Å². The van der Waals surface area contributed by atoms with Crippen molar-refractivity contribution in [1.82, 2.24) is 10.2 Å². The largest absolute Gasteiger partial charge is 0.480 e. The molecule has 0 bridgehead atoms. The van der Waals surface area contributed by atoms with E-state index in [2.05, 4.69) is 11.9 Å². The molecule has 0 aromatic heterocycles. The van der Waals surface area contributed by atoms with Crippen molar-refractivity contribution in [2.75, 3.05) is 13.1 Å². The molecular weight excluding hydrogens is 256 g/mol. The van der Waals surface area contributed by atoms with E-state index in [1.54, 1.807) is 0 Å². The molecule has 0 aromatic rings. The van der Waals surface area contributed by atoms with Crippen LogP contribution in [0.25, 0.3) is 0 Å². The van der Waals surface area contributed by atoms with Crippen molar-refractivity contribution in [3.63, 3.8) is 0 Å². The smallest absolute Gasteiger partial charge is 0.326 e. The van der Waals surface area contributed by atoms with Gasteiger partial charge in [-0.25, -0.2) is 9.59 Å².